The zero-order valence-electron chi connectivity index (χ0n) is 75.4. The van der Waals surface area contributed by atoms with Crippen LogP contribution in [0.1, 0.15) is 44.5 Å². The van der Waals surface area contributed by atoms with Crippen LogP contribution < -0.4 is 9.80 Å². The maximum absolute atomic E-state index is 2.56. The molecule has 138 heavy (non-hydrogen) atoms. The van der Waals surface area contributed by atoms with E-state index in [-0.39, 0.29) is 0 Å². The maximum Gasteiger partial charge on any atom is 0.0754 e. The van der Waals surface area contributed by atoms with Crippen LogP contribution in [0.25, 0.3) is 177 Å². The molecule has 2 aliphatic carbocycles. The molecule has 0 saturated carbocycles. The summed E-state index contributed by atoms with van der Waals surface area (Å²) in [5, 5.41) is 5.05. The number of hydrogen-bond acceptors (Lipinski definition) is 2. The SMILES string of the molecule is c1ccc(-c2cccc(N(c3ccccc3-c3ccc4c(c3)C3(c5ccccc5-4)c4ccccc4-n4c5ccccc5c5cccc3c54)c3ccccc3-c3ccccc3-c3cccc(-c4ccc(-c5ccccc5N(c5ccccc5-c5ccc6c(c5)C5(c7ccccc7-6)c6ccccc6-n6c7ccccc7c7cccc5c76)c5ccccc5-c5ccccc5-c5ccccc5)cc4)c3)c2)cc1. The van der Waals surface area contributed by atoms with Gasteiger partial charge in [0, 0.05) is 55.0 Å². The molecule has 0 N–H and O–H groups in total. The summed E-state index contributed by atoms with van der Waals surface area (Å²) in [6, 6.07) is 196. The predicted molar refractivity (Wildman–Crippen MR) is 575 cm³/mol. The second kappa shape index (κ2) is 31.3. The number of nitrogens with zero attached hydrogens (tertiary/aromatic N) is 4. The Labute approximate surface area is 801 Å². The molecule has 0 amide bonds. The van der Waals surface area contributed by atoms with Crippen molar-refractivity contribution in [1.29, 1.82) is 0 Å². The second-order valence-corrected chi connectivity index (χ2v) is 37.0. The molecule has 2 unspecified atom stereocenters. The molecule has 2 aliphatic heterocycles. The predicted octanol–water partition coefficient (Wildman–Crippen LogP) is 35.2. The molecule has 2 spiro atoms. The third-order valence-electron chi connectivity index (χ3n) is 30.2. The van der Waals surface area contributed by atoms with Gasteiger partial charge in [0.15, 0.2) is 0 Å². The third-order valence-corrected chi connectivity index (χ3v) is 30.2. The normalized spacial score (nSPS) is 14.3. The van der Waals surface area contributed by atoms with E-state index < -0.39 is 10.8 Å². The van der Waals surface area contributed by atoms with Crippen molar-refractivity contribution >= 4 is 77.7 Å². The van der Waals surface area contributed by atoms with Gasteiger partial charge in [-0.2, -0.15) is 0 Å². The van der Waals surface area contributed by atoms with Gasteiger partial charge in [0.05, 0.1) is 72.7 Å². The van der Waals surface area contributed by atoms with Gasteiger partial charge < -0.3 is 18.9 Å². The molecule has 2 aromatic heterocycles. The van der Waals surface area contributed by atoms with Crippen molar-refractivity contribution in [1.82, 2.24) is 9.13 Å². The lowest BCUT2D eigenvalue weighted by atomic mass is 9.65. The maximum atomic E-state index is 2.56. The van der Waals surface area contributed by atoms with Crippen LogP contribution in [-0.4, -0.2) is 9.13 Å². The van der Waals surface area contributed by atoms with E-state index >= 15 is 0 Å². The lowest BCUT2D eigenvalue weighted by Crippen LogP contribution is -2.33. The van der Waals surface area contributed by atoms with Crippen molar-refractivity contribution in [2.24, 2.45) is 0 Å². The summed E-state index contributed by atoms with van der Waals surface area (Å²) in [5.41, 5.74) is 48.1. The second-order valence-electron chi connectivity index (χ2n) is 37.0. The monoisotopic (exact) mass is 1750 g/mol. The summed E-state index contributed by atoms with van der Waals surface area (Å²) in [6.45, 7) is 0. The molecule has 24 aromatic rings. The average molecular weight is 1750 g/mol. The highest BCUT2D eigenvalue weighted by Crippen LogP contribution is 2.65. The van der Waals surface area contributed by atoms with Crippen molar-refractivity contribution < 1.29 is 0 Å². The number of benzene rings is 22. The van der Waals surface area contributed by atoms with Crippen molar-refractivity contribution in [3.8, 4) is 134 Å². The lowest BCUT2D eigenvalue weighted by Gasteiger charge is -2.39. The smallest absolute Gasteiger partial charge is 0.0754 e. The Morgan fingerprint density at radius 1 is 0.145 bits per heavy atom. The number of para-hydroxylation sites is 11. The Balaban J connectivity index is 0.567. The van der Waals surface area contributed by atoms with Crippen LogP contribution >= 0.6 is 0 Å². The molecule has 22 aromatic carbocycles. The summed E-state index contributed by atoms with van der Waals surface area (Å²) in [7, 11) is 0. The van der Waals surface area contributed by atoms with E-state index in [0.717, 1.165) is 129 Å². The van der Waals surface area contributed by atoms with Crippen LogP contribution in [0.4, 0.5) is 34.1 Å². The highest BCUT2D eigenvalue weighted by atomic mass is 15.2. The molecule has 4 heterocycles. The van der Waals surface area contributed by atoms with Gasteiger partial charge in [-0.15, -0.1) is 0 Å². The number of rotatable bonds is 15. The van der Waals surface area contributed by atoms with E-state index in [2.05, 4.69) is 541 Å². The Kier molecular flexibility index (Phi) is 17.9. The van der Waals surface area contributed by atoms with E-state index in [9.17, 15) is 0 Å². The standard InChI is InChI=1S/C134H86N4/c1-3-37-87(38-4-1)92-42-34-44-96(84-92)135(122-66-24-14-48-100(122)94-79-81-106-104-52-11-20-60-114(104)133(120(106)85-94)116-62-22-31-73-129(116)137-127-71-29-18-56-110(127)112-58-35-64-118(133)131(112)137)125-69-27-16-54-108(125)103-51-10-8-46-98(103)93-43-33-41-91(83-93)88-75-77-90(78-76-88)99-47-13-25-67-123(99)136(126-70-28-17-55-109(126)102-50-9-7-45-97(102)89-39-5-2-6-40-89)124-68-26-15-49-101(124)95-80-82-107-105-53-12-21-61-115(105)134(121(107)86-95)117-63-23-32-74-130(117)138-128-72-30-19-57-111(128)113-59-36-65-119(134)132(113)138/h1-86H. The van der Waals surface area contributed by atoms with Gasteiger partial charge >= 0.3 is 0 Å². The fourth-order valence-electron chi connectivity index (χ4n) is 24.5. The number of hydrogen-bond donors (Lipinski definition) is 0. The first-order chi connectivity index (χ1) is 68.5. The Morgan fingerprint density at radius 2 is 0.435 bits per heavy atom. The van der Waals surface area contributed by atoms with E-state index in [0.29, 0.717) is 0 Å². The first kappa shape index (κ1) is 78.7. The van der Waals surface area contributed by atoms with Crippen molar-refractivity contribution in [3.63, 3.8) is 0 Å². The lowest BCUT2D eigenvalue weighted by molar-refractivity contribution is 0.749. The quantitative estimate of drug-likeness (QED) is 0.102. The Bertz CT molecular complexity index is 9120. The summed E-state index contributed by atoms with van der Waals surface area (Å²) in [6.07, 6.45) is 0. The van der Waals surface area contributed by atoms with Crippen molar-refractivity contribution in [2.45, 2.75) is 10.8 Å². The first-order valence-electron chi connectivity index (χ1n) is 47.9. The summed E-state index contributed by atoms with van der Waals surface area (Å²) in [4.78, 5) is 5.08. The van der Waals surface area contributed by atoms with Crippen LogP contribution in [0, 0.1) is 0 Å². The minimum Gasteiger partial charge on any atom is -0.309 e. The summed E-state index contributed by atoms with van der Waals surface area (Å²) < 4.78 is 5.07. The minimum absolute atomic E-state index is 0.632. The molecule has 0 fully saturated rings. The van der Waals surface area contributed by atoms with Gasteiger partial charge in [0.1, 0.15) is 0 Å². The highest BCUT2D eigenvalue weighted by Gasteiger charge is 2.53. The molecule has 4 nitrogen and oxygen atoms in total. The van der Waals surface area contributed by atoms with Crippen molar-refractivity contribution in [2.75, 3.05) is 9.80 Å². The molecule has 4 aliphatic rings. The van der Waals surface area contributed by atoms with E-state index in [4.69, 9.17) is 0 Å². The Morgan fingerprint density at radius 3 is 0.942 bits per heavy atom. The average Bonchev–Trinajstić information content (AvgIpc) is 1.50. The van der Waals surface area contributed by atoms with Crippen LogP contribution in [0.15, 0.2) is 522 Å². The molecule has 2 atom stereocenters. The molecule has 4 heteroatoms. The van der Waals surface area contributed by atoms with E-state index in [1.54, 1.807) is 0 Å². The first-order valence-corrected chi connectivity index (χ1v) is 47.9. The fourth-order valence-corrected chi connectivity index (χ4v) is 24.5. The fraction of sp³-hybridized carbons (Fsp3) is 0.0149. The number of aromatic nitrogens is 2. The van der Waals surface area contributed by atoms with E-state index in [1.165, 1.54) is 127 Å². The van der Waals surface area contributed by atoms with Crippen molar-refractivity contribution in [3.05, 3.63) is 566 Å². The zero-order chi connectivity index (χ0) is 90.7. The van der Waals surface area contributed by atoms with Gasteiger partial charge in [-0.05, 0) is 224 Å². The number of anilines is 6. The molecule has 0 radical (unpaired) electrons. The topological polar surface area (TPSA) is 16.3 Å². The molecule has 0 saturated heterocycles. The van der Waals surface area contributed by atoms with Crippen LogP contribution in [-0.2, 0) is 10.8 Å². The molecule has 642 valence electrons. The minimum atomic E-state index is -0.643. The Hall–Kier alpha value is -18.0. The van der Waals surface area contributed by atoms with Gasteiger partial charge in [0.2, 0.25) is 0 Å². The van der Waals surface area contributed by atoms with Gasteiger partial charge in [0.25, 0.3) is 0 Å². The van der Waals surface area contributed by atoms with Crippen LogP contribution in [0.2, 0.25) is 0 Å². The van der Waals surface area contributed by atoms with Crippen LogP contribution in [0.3, 0.4) is 0 Å². The summed E-state index contributed by atoms with van der Waals surface area (Å²) >= 11 is 0. The zero-order valence-corrected chi connectivity index (χ0v) is 75.4. The summed E-state index contributed by atoms with van der Waals surface area (Å²) in [5.74, 6) is 0. The van der Waals surface area contributed by atoms with Gasteiger partial charge in [-0.1, -0.05) is 437 Å². The highest BCUT2D eigenvalue weighted by molar-refractivity contribution is 6.16. The molecule has 0 bridgehead atoms. The third kappa shape index (κ3) is 11.6. The molecular weight excluding hydrogens is 1670 g/mol. The largest absolute Gasteiger partial charge is 0.309 e. The number of fused-ring (bicyclic) bond motifs is 24. The van der Waals surface area contributed by atoms with Gasteiger partial charge in [-0.25, -0.2) is 0 Å². The molecule has 28 rings (SSSR count). The van der Waals surface area contributed by atoms with Crippen LogP contribution in [0.5, 0.6) is 0 Å². The molecular formula is C134H86N4. The van der Waals surface area contributed by atoms with E-state index in [1.807, 2.05) is 0 Å². The van der Waals surface area contributed by atoms with Gasteiger partial charge in [-0.3, -0.25) is 0 Å².